The number of ether oxygens (including phenoxy) is 2. The molecule has 0 spiro atoms. The normalized spacial score (nSPS) is 11.6. The Morgan fingerprint density at radius 3 is 2.32 bits per heavy atom. The zero-order valence-corrected chi connectivity index (χ0v) is 12.7. The van der Waals surface area contributed by atoms with Gasteiger partial charge in [-0.2, -0.15) is 0 Å². The Morgan fingerprint density at radius 2 is 1.74 bits per heavy atom. The second kappa shape index (κ2) is 8.18. The molecule has 1 aromatic carbocycles. The third kappa shape index (κ3) is 7.85. The average Bonchev–Trinajstić information content (AvgIpc) is 2.37. The van der Waals surface area contributed by atoms with Crippen LogP contribution in [0.5, 0.6) is 5.75 Å². The highest BCUT2D eigenvalue weighted by atomic mass is 16.5. The maximum atomic E-state index is 5.65. The van der Waals surface area contributed by atoms with E-state index >= 15 is 0 Å². The Kier molecular flexibility index (Phi) is 6.89. The van der Waals surface area contributed by atoms with E-state index in [1.807, 2.05) is 19.1 Å². The van der Waals surface area contributed by atoms with Gasteiger partial charge in [0.15, 0.2) is 0 Å². The van der Waals surface area contributed by atoms with Crippen molar-refractivity contribution in [2.45, 2.75) is 46.2 Å². The van der Waals surface area contributed by atoms with Crippen LogP contribution in [-0.2, 0) is 11.3 Å². The minimum Gasteiger partial charge on any atom is -0.494 e. The van der Waals surface area contributed by atoms with Gasteiger partial charge in [0, 0.05) is 31.7 Å². The molecule has 0 atom stereocenters. The highest BCUT2D eigenvalue weighted by Gasteiger charge is 2.08. The topological polar surface area (TPSA) is 30.5 Å². The Morgan fingerprint density at radius 1 is 1.05 bits per heavy atom. The molecule has 0 aliphatic heterocycles. The van der Waals surface area contributed by atoms with Crippen LogP contribution in [0, 0.1) is 0 Å². The molecule has 0 saturated heterocycles. The molecule has 108 valence electrons. The first-order valence-electron chi connectivity index (χ1n) is 7.06. The summed E-state index contributed by atoms with van der Waals surface area (Å²) in [6.07, 6.45) is 0.932. The van der Waals surface area contributed by atoms with Crippen molar-refractivity contribution in [2.75, 3.05) is 19.8 Å². The lowest BCUT2D eigenvalue weighted by Crippen LogP contribution is -2.35. The fraction of sp³-hybridized carbons (Fsp3) is 0.625. The molecule has 0 aliphatic carbocycles. The van der Waals surface area contributed by atoms with Crippen LogP contribution < -0.4 is 10.1 Å². The highest BCUT2D eigenvalue weighted by molar-refractivity contribution is 5.27. The van der Waals surface area contributed by atoms with Crippen molar-refractivity contribution >= 4 is 0 Å². The summed E-state index contributed by atoms with van der Waals surface area (Å²) >= 11 is 0. The standard InChI is InChI=1S/C16H27NO2/c1-5-18-11-6-12-19-15-9-7-14(8-10-15)13-17-16(2,3)4/h7-10,17H,5-6,11-13H2,1-4H3. The van der Waals surface area contributed by atoms with E-state index in [4.69, 9.17) is 9.47 Å². The largest absolute Gasteiger partial charge is 0.494 e. The SMILES string of the molecule is CCOCCCOc1ccc(CNC(C)(C)C)cc1. The molecule has 0 aromatic heterocycles. The van der Waals surface area contributed by atoms with E-state index in [9.17, 15) is 0 Å². The summed E-state index contributed by atoms with van der Waals surface area (Å²) < 4.78 is 10.9. The van der Waals surface area contributed by atoms with Gasteiger partial charge < -0.3 is 14.8 Å². The van der Waals surface area contributed by atoms with E-state index in [2.05, 4.69) is 38.2 Å². The molecule has 19 heavy (non-hydrogen) atoms. The highest BCUT2D eigenvalue weighted by Crippen LogP contribution is 2.13. The Bertz CT molecular complexity index is 341. The summed E-state index contributed by atoms with van der Waals surface area (Å²) in [6, 6.07) is 8.27. The van der Waals surface area contributed by atoms with Gasteiger partial charge in [-0.05, 0) is 45.4 Å². The first kappa shape index (κ1) is 16.0. The van der Waals surface area contributed by atoms with E-state index in [0.717, 1.165) is 31.9 Å². The van der Waals surface area contributed by atoms with E-state index in [1.54, 1.807) is 0 Å². The molecule has 0 heterocycles. The van der Waals surface area contributed by atoms with Crippen molar-refractivity contribution in [3.63, 3.8) is 0 Å². The molecule has 1 N–H and O–H groups in total. The average molecular weight is 265 g/mol. The smallest absolute Gasteiger partial charge is 0.119 e. The number of nitrogens with one attached hydrogen (secondary N) is 1. The van der Waals surface area contributed by atoms with Crippen LogP contribution in [-0.4, -0.2) is 25.4 Å². The number of rotatable bonds is 8. The summed E-state index contributed by atoms with van der Waals surface area (Å²) in [4.78, 5) is 0. The molecule has 0 radical (unpaired) electrons. The molecule has 0 fully saturated rings. The molecule has 0 aliphatic rings. The molecular formula is C16H27NO2. The minimum atomic E-state index is 0.147. The van der Waals surface area contributed by atoms with Crippen molar-refractivity contribution in [3.8, 4) is 5.75 Å². The lowest BCUT2D eigenvalue weighted by molar-refractivity contribution is 0.131. The summed E-state index contributed by atoms with van der Waals surface area (Å²) in [5.41, 5.74) is 1.42. The van der Waals surface area contributed by atoms with Gasteiger partial charge in [0.1, 0.15) is 5.75 Å². The van der Waals surface area contributed by atoms with E-state index < -0.39 is 0 Å². The van der Waals surface area contributed by atoms with Crippen molar-refractivity contribution in [1.82, 2.24) is 5.32 Å². The third-order valence-electron chi connectivity index (χ3n) is 2.65. The first-order valence-corrected chi connectivity index (χ1v) is 7.06. The summed E-state index contributed by atoms with van der Waals surface area (Å²) in [7, 11) is 0. The molecule has 0 amide bonds. The van der Waals surface area contributed by atoms with Crippen molar-refractivity contribution < 1.29 is 9.47 Å². The van der Waals surface area contributed by atoms with Gasteiger partial charge >= 0.3 is 0 Å². The van der Waals surface area contributed by atoms with Gasteiger partial charge in [-0.25, -0.2) is 0 Å². The van der Waals surface area contributed by atoms with Gasteiger partial charge in [-0.1, -0.05) is 12.1 Å². The van der Waals surface area contributed by atoms with E-state index in [0.29, 0.717) is 6.61 Å². The van der Waals surface area contributed by atoms with Crippen molar-refractivity contribution in [2.24, 2.45) is 0 Å². The number of hydrogen-bond donors (Lipinski definition) is 1. The van der Waals surface area contributed by atoms with Crippen LogP contribution in [0.3, 0.4) is 0 Å². The third-order valence-corrected chi connectivity index (χ3v) is 2.65. The molecule has 3 nitrogen and oxygen atoms in total. The van der Waals surface area contributed by atoms with Gasteiger partial charge in [0.05, 0.1) is 6.61 Å². The van der Waals surface area contributed by atoms with Gasteiger partial charge in [-0.15, -0.1) is 0 Å². The van der Waals surface area contributed by atoms with Crippen LogP contribution in [0.2, 0.25) is 0 Å². The van der Waals surface area contributed by atoms with Crippen molar-refractivity contribution in [1.29, 1.82) is 0 Å². The van der Waals surface area contributed by atoms with Crippen LogP contribution >= 0.6 is 0 Å². The number of hydrogen-bond acceptors (Lipinski definition) is 3. The second-order valence-electron chi connectivity index (χ2n) is 5.65. The Hall–Kier alpha value is -1.06. The van der Waals surface area contributed by atoms with Crippen molar-refractivity contribution in [3.05, 3.63) is 29.8 Å². The second-order valence-corrected chi connectivity index (χ2v) is 5.65. The predicted octanol–water partition coefficient (Wildman–Crippen LogP) is 3.38. The molecule has 0 saturated carbocycles. The van der Waals surface area contributed by atoms with E-state index in [1.165, 1.54) is 5.56 Å². The Balaban J connectivity index is 2.27. The molecule has 0 unspecified atom stereocenters. The fourth-order valence-corrected chi connectivity index (χ4v) is 1.57. The molecule has 0 bridgehead atoms. The maximum Gasteiger partial charge on any atom is 0.119 e. The molecular weight excluding hydrogens is 238 g/mol. The van der Waals surface area contributed by atoms with E-state index in [-0.39, 0.29) is 5.54 Å². The van der Waals surface area contributed by atoms with Crippen LogP contribution in [0.15, 0.2) is 24.3 Å². The van der Waals surface area contributed by atoms with Crippen LogP contribution in [0.1, 0.15) is 39.7 Å². The van der Waals surface area contributed by atoms with Crippen LogP contribution in [0.4, 0.5) is 0 Å². The van der Waals surface area contributed by atoms with Gasteiger partial charge in [0.2, 0.25) is 0 Å². The zero-order valence-electron chi connectivity index (χ0n) is 12.7. The summed E-state index contributed by atoms with van der Waals surface area (Å²) in [6.45, 7) is 11.6. The fourth-order valence-electron chi connectivity index (χ4n) is 1.57. The minimum absolute atomic E-state index is 0.147. The van der Waals surface area contributed by atoms with Crippen LogP contribution in [0.25, 0.3) is 0 Å². The van der Waals surface area contributed by atoms with Gasteiger partial charge in [-0.3, -0.25) is 0 Å². The first-order chi connectivity index (χ1) is 9.01. The number of benzene rings is 1. The summed E-state index contributed by atoms with van der Waals surface area (Å²) in [5, 5.41) is 3.47. The zero-order chi connectivity index (χ0) is 14.1. The lowest BCUT2D eigenvalue weighted by Gasteiger charge is -2.20. The predicted molar refractivity (Wildman–Crippen MR) is 79.6 cm³/mol. The Labute approximate surface area is 117 Å². The monoisotopic (exact) mass is 265 g/mol. The molecule has 1 aromatic rings. The molecule has 1 rings (SSSR count). The summed E-state index contributed by atoms with van der Waals surface area (Å²) in [5.74, 6) is 0.927. The maximum absolute atomic E-state index is 5.65. The lowest BCUT2D eigenvalue weighted by atomic mass is 10.1. The quantitative estimate of drug-likeness (QED) is 0.731. The van der Waals surface area contributed by atoms with Gasteiger partial charge in [0.25, 0.3) is 0 Å². The molecule has 3 heteroatoms.